The molecule has 0 saturated carbocycles. The van der Waals surface area contributed by atoms with E-state index >= 15 is 0 Å². The number of H-pyrrole nitrogens is 1. The van der Waals surface area contributed by atoms with Crippen LogP contribution < -0.4 is 5.32 Å². The normalized spacial score (nSPS) is 10.5. The van der Waals surface area contributed by atoms with Gasteiger partial charge in [-0.1, -0.05) is 23.3 Å². The van der Waals surface area contributed by atoms with Gasteiger partial charge in [-0.15, -0.1) is 5.10 Å². The van der Waals surface area contributed by atoms with Crippen LogP contribution in [0.1, 0.15) is 11.5 Å². The first-order chi connectivity index (χ1) is 10.2. The number of carbonyl (C=O) groups is 1. The number of tetrazole rings is 1. The highest BCUT2D eigenvalue weighted by Crippen LogP contribution is 2.21. The Morgan fingerprint density at radius 3 is 2.86 bits per heavy atom. The van der Waals surface area contributed by atoms with Gasteiger partial charge in [0.1, 0.15) is 5.76 Å². The van der Waals surface area contributed by atoms with Gasteiger partial charge in [-0.2, -0.15) is 5.21 Å². The van der Waals surface area contributed by atoms with E-state index in [1.807, 2.05) is 30.3 Å². The summed E-state index contributed by atoms with van der Waals surface area (Å²) < 4.78 is 5.60. The molecule has 0 spiro atoms. The molecule has 0 aliphatic rings. The molecule has 8 heteroatoms. The highest BCUT2D eigenvalue weighted by Gasteiger charge is 2.15. The summed E-state index contributed by atoms with van der Waals surface area (Å²) in [5, 5.41) is 15.4. The van der Waals surface area contributed by atoms with Crippen molar-refractivity contribution in [1.82, 2.24) is 25.6 Å². The molecule has 0 atom stereocenters. The number of hydrogen-bond donors (Lipinski definition) is 2. The Hall–Kier alpha value is -3.03. The predicted molar refractivity (Wildman–Crippen MR) is 73.2 cm³/mol. The number of carbonyl (C=O) groups excluding carboxylic acids is 1. The molecule has 2 N–H and O–H groups in total. The van der Waals surface area contributed by atoms with Gasteiger partial charge in [-0.3, -0.25) is 10.1 Å². The molecule has 2 aromatic heterocycles. The smallest absolute Gasteiger partial charge is 0.269 e. The molecule has 0 unspecified atom stereocenters. The summed E-state index contributed by atoms with van der Waals surface area (Å²) in [6.45, 7) is 1.77. The summed E-state index contributed by atoms with van der Waals surface area (Å²) in [7, 11) is 0. The van der Waals surface area contributed by atoms with Gasteiger partial charge >= 0.3 is 0 Å². The summed E-state index contributed by atoms with van der Waals surface area (Å²) in [6, 6.07) is 9.51. The van der Waals surface area contributed by atoms with Crippen molar-refractivity contribution in [1.29, 1.82) is 0 Å². The molecule has 8 nitrogen and oxygen atoms in total. The lowest BCUT2D eigenvalue weighted by molar-refractivity contribution is -0.115. The van der Waals surface area contributed by atoms with Crippen molar-refractivity contribution in [2.75, 3.05) is 5.32 Å². The van der Waals surface area contributed by atoms with Crippen LogP contribution in [0.15, 0.2) is 34.7 Å². The van der Waals surface area contributed by atoms with Crippen LogP contribution in [0, 0.1) is 6.92 Å². The van der Waals surface area contributed by atoms with Crippen LogP contribution in [-0.2, 0) is 11.2 Å². The first kappa shape index (κ1) is 13.0. The Morgan fingerprint density at radius 1 is 1.33 bits per heavy atom. The van der Waals surface area contributed by atoms with Crippen LogP contribution in [0.25, 0.3) is 11.5 Å². The number of hydrogen-bond acceptors (Lipinski definition) is 6. The van der Waals surface area contributed by atoms with Crippen LogP contribution in [0.2, 0.25) is 0 Å². The molecule has 0 bridgehead atoms. The van der Waals surface area contributed by atoms with Crippen LogP contribution in [0.5, 0.6) is 0 Å². The number of aryl methyl sites for hydroxylation is 1. The van der Waals surface area contributed by atoms with E-state index in [9.17, 15) is 4.79 Å². The minimum atomic E-state index is -0.285. The maximum atomic E-state index is 11.9. The van der Waals surface area contributed by atoms with Gasteiger partial charge in [0.2, 0.25) is 11.8 Å². The quantitative estimate of drug-likeness (QED) is 0.748. The Kier molecular flexibility index (Phi) is 3.42. The highest BCUT2D eigenvalue weighted by atomic mass is 16.4. The Balaban J connectivity index is 1.74. The van der Waals surface area contributed by atoms with Crippen LogP contribution in [0.3, 0.4) is 0 Å². The number of amides is 1. The standard InChI is InChI=1S/C13H12N6O2/c1-8-10(7-11(20)15-13-16-18-19-17-13)14-12(21-8)9-5-3-2-4-6-9/h2-6H,7H2,1H3,(H2,15,16,17,18,19,20). The fourth-order valence-electron chi connectivity index (χ4n) is 1.83. The molecule has 21 heavy (non-hydrogen) atoms. The van der Waals surface area contributed by atoms with Crippen molar-refractivity contribution in [3.8, 4) is 11.5 Å². The molecule has 1 amide bonds. The lowest BCUT2D eigenvalue weighted by atomic mass is 10.2. The number of nitrogens with zero attached hydrogens (tertiary/aromatic N) is 4. The lowest BCUT2D eigenvalue weighted by Gasteiger charge is -1.97. The average Bonchev–Trinajstić information content (AvgIpc) is 3.11. The number of aromatic amines is 1. The second-order valence-corrected chi connectivity index (χ2v) is 4.35. The Labute approximate surface area is 119 Å². The van der Waals surface area contributed by atoms with E-state index < -0.39 is 0 Å². The average molecular weight is 284 g/mol. The number of anilines is 1. The minimum Gasteiger partial charge on any atom is -0.441 e. The SMILES string of the molecule is Cc1oc(-c2ccccc2)nc1CC(=O)Nc1nn[nH]n1. The minimum absolute atomic E-state index is 0.0801. The fourth-order valence-corrected chi connectivity index (χ4v) is 1.83. The van der Waals surface area contributed by atoms with E-state index in [0.29, 0.717) is 17.3 Å². The maximum Gasteiger partial charge on any atom is 0.269 e. The van der Waals surface area contributed by atoms with E-state index in [1.54, 1.807) is 6.92 Å². The Morgan fingerprint density at radius 2 is 2.14 bits per heavy atom. The molecule has 1 aromatic carbocycles. The third kappa shape index (κ3) is 2.94. The summed E-state index contributed by atoms with van der Waals surface area (Å²) >= 11 is 0. The van der Waals surface area contributed by atoms with Gasteiger partial charge in [0.15, 0.2) is 0 Å². The van der Waals surface area contributed by atoms with Gasteiger partial charge in [0.05, 0.1) is 12.1 Å². The van der Waals surface area contributed by atoms with Crippen molar-refractivity contribution >= 4 is 11.9 Å². The molecule has 2 heterocycles. The first-order valence-corrected chi connectivity index (χ1v) is 6.27. The molecule has 3 rings (SSSR count). The maximum absolute atomic E-state index is 11.9. The number of aromatic nitrogens is 5. The number of oxazole rings is 1. The number of rotatable bonds is 4. The number of nitrogens with one attached hydrogen (secondary N) is 2. The zero-order valence-corrected chi connectivity index (χ0v) is 11.2. The fraction of sp³-hybridized carbons (Fsp3) is 0.154. The largest absolute Gasteiger partial charge is 0.441 e. The van der Waals surface area contributed by atoms with E-state index in [-0.39, 0.29) is 18.3 Å². The van der Waals surface area contributed by atoms with Crippen molar-refractivity contribution < 1.29 is 9.21 Å². The highest BCUT2D eigenvalue weighted by molar-refractivity contribution is 5.90. The molecule has 0 radical (unpaired) electrons. The monoisotopic (exact) mass is 284 g/mol. The summed E-state index contributed by atoms with van der Waals surface area (Å²) in [6.07, 6.45) is 0.0801. The third-order valence-electron chi connectivity index (χ3n) is 2.84. The van der Waals surface area contributed by atoms with E-state index in [2.05, 4.69) is 30.9 Å². The van der Waals surface area contributed by atoms with Gasteiger partial charge in [0.25, 0.3) is 5.95 Å². The van der Waals surface area contributed by atoms with E-state index in [0.717, 1.165) is 5.56 Å². The zero-order valence-electron chi connectivity index (χ0n) is 11.2. The topological polar surface area (TPSA) is 110 Å². The molecular formula is C13H12N6O2. The van der Waals surface area contributed by atoms with Crippen molar-refractivity contribution in [3.05, 3.63) is 41.8 Å². The molecule has 0 saturated heterocycles. The molecule has 0 aliphatic heterocycles. The van der Waals surface area contributed by atoms with Gasteiger partial charge in [-0.25, -0.2) is 4.98 Å². The second-order valence-electron chi connectivity index (χ2n) is 4.35. The first-order valence-electron chi connectivity index (χ1n) is 6.27. The van der Waals surface area contributed by atoms with Crippen LogP contribution >= 0.6 is 0 Å². The number of benzene rings is 1. The molecular weight excluding hydrogens is 272 g/mol. The second kappa shape index (κ2) is 5.53. The van der Waals surface area contributed by atoms with Crippen molar-refractivity contribution in [3.63, 3.8) is 0 Å². The Bertz CT molecular complexity index is 735. The van der Waals surface area contributed by atoms with Crippen LogP contribution in [0.4, 0.5) is 5.95 Å². The lowest BCUT2D eigenvalue weighted by Crippen LogP contribution is -2.16. The summed E-state index contributed by atoms with van der Waals surface area (Å²) in [5.74, 6) is 0.949. The summed E-state index contributed by atoms with van der Waals surface area (Å²) in [5.41, 5.74) is 1.44. The van der Waals surface area contributed by atoms with Gasteiger partial charge in [-0.05, 0) is 24.3 Å². The molecule has 0 aliphatic carbocycles. The molecule has 0 fully saturated rings. The van der Waals surface area contributed by atoms with E-state index in [4.69, 9.17) is 4.42 Å². The van der Waals surface area contributed by atoms with E-state index in [1.165, 1.54) is 0 Å². The summed E-state index contributed by atoms with van der Waals surface area (Å²) in [4.78, 5) is 16.2. The third-order valence-corrected chi connectivity index (χ3v) is 2.84. The van der Waals surface area contributed by atoms with Gasteiger partial charge in [0, 0.05) is 5.56 Å². The van der Waals surface area contributed by atoms with Gasteiger partial charge < -0.3 is 4.42 Å². The predicted octanol–water partition coefficient (Wildman–Crippen LogP) is 1.34. The van der Waals surface area contributed by atoms with Crippen LogP contribution in [-0.4, -0.2) is 31.5 Å². The van der Waals surface area contributed by atoms with Crippen molar-refractivity contribution in [2.24, 2.45) is 0 Å². The molecule has 3 aromatic rings. The van der Waals surface area contributed by atoms with Crippen molar-refractivity contribution in [2.45, 2.75) is 13.3 Å². The zero-order chi connectivity index (χ0) is 14.7. The molecule has 106 valence electrons.